The fraction of sp³-hybridized carbons (Fsp3) is 0.286. The molecule has 0 spiro atoms. The van der Waals surface area contributed by atoms with E-state index >= 15 is 0 Å². The number of nitrogens with zero attached hydrogens (tertiary/aromatic N) is 6. The number of aromatic amines is 1. The van der Waals surface area contributed by atoms with Crippen LogP contribution in [0.4, 0.5) is 4.39 Å². The summed E-state index contributed by atoms with van der Waals surface area (Å²) in [6.07, 6.45) is 7.09. The molecule has 2 aromatic carbocycles. The Hall–Kier alpha value is -4.22. The fourth-order valence-electron chi connectivity index (χ4n) is 5.08. The Bertz CT molecular complexity index is 1640. The molecule has 4 heterocycles. The number of ether oxygens (including phenoxy) is 1. The van der Waals surface area contributed by atoms with Gasteiger partial charge < -0.3 is 19.4 Å². The van der Waals surface area contributed by atoms with Crippen molar-refractivity contribution in [2.75, 3.05) is 13.1 Å². The van der Waals surface area contributed by atoms with Crippen molar-refractivity contribution >= 4 is 28.6 Å². The maximum absolute atomic E-state index is 14.0. The third-order valence-corrected chi connectivity index (χ3v) is 7.46. The van der Waals surface area contributed by atoms with Gasteiger partial charge in [-0.1, -0.05) is 17.7 Å². The Kier molecular flexibility index (Phi) is 7.23. The highest BCUT2D eigenvalue weighted by Gasteiger charge is 2.24. The van der Waals surface area contributed by atoms with Gasteiger partial charge in [-0.15, -0.1) is 5.10 Å². The first kappa shape index (κ1) is 26.0. The molecule has 0 aliphatic carbocycles. The zero-order valence-corrected chi connectivity index (χ0v) is 22.3. The summed E-state index contributed by atoms with van der Waals surface area (Å²) in [5.41, 5.74) is 3.10. The second-order valence-corrected chi connectivity index (χ2v) is 10.3. The minimum atomic E-state index is -0.968. The largest absolute Gasteiger partial charge is 0.478 e. The van der Waals surface area contributed by atoms with Gasteiger partial charge in [0.15, 0.2) is 0 Å². The van der Waals surface area contributed by atoms with E-state index in [1.807, 2.05) is 10.9 Å². The molecule has 0 saturated carbocycles. The lowest BCUT2D eigenvalue weighted by Gasteiger charge is -2.31. The summed E-state index contributed by atoms with van der Waals surface area (Å²) in [5.74, 6) is -0.0521. The standard InChI is InChI=1S/C28H27ClFN7O3/c29-20-3-1-19(23(30)12-20)16-40-27-7-10-37(34-27)22-5-8-35(9-6-22)15-26-33-24-4-2-18(28(38)39)11-25(24)36(26)14-21-13-31-17-32-21/h1-4,7,10-13,17,22H,5-6,8-9,14-16H2,(H,31,32)(H,38,39). The van der Waals surface area contributed by atoms with Gasteiger partial charge >= 0.3 is 5.97 Å². The number of piperidine rings is 1. The zero-order valence-electron chi connectivity index (χ0n) is 21.5. The van der Waals surface area contributed by atoms with Gasteiger partial charge in [0.25, 0.3) is 0 Å². The molecule has 0 unspecified atom stereocenters. The molecule has 0 atom stereocenters. The van der Waals surface area contributed by atoms with Crippen molar-refractivity contribution in [3.05, 3.63) is 94.7 Å². The average molecular weight is 564 g/mol. The summed E-state index contributed by atoms with van der Waals surface area (Å²) in [6.45, 7) is 2.93. The first-order valence-corrected chi connectivity index (χ1v) is 13.3. The third kappa shape index (κ3) is 5.56. The van der Waals surface area contributed by atoms with Crippen LogP contribution in [0, 0.1) is 5.82 Å². The van der Waals surface area contributed by atoms with Crippen LogP contribution in [-0.4, -0.2) is 58.4 Å². The molecular weight excluding hydrogens is 537 g/mol. The van der Waals surface area contributed by atoms with Crippen molar-refractivity contribution < 1.29 is 19.0 Å². The van der Waals surface area contributed by atoms with E-state index in [2.05, 4.69) is 24.5 Å². The summed E-state index contributed by atoms with van der Waals surface area (Å²) in [5, 5.41) is 14.4. The molecule has 3 aromatic heterocycles. The summed E-state index contributed by atoms with van der Waals surface area (Å²) in [6, 6.07) is 11.6. The number of carboxylic acid groups (broad SMARTS) is 1. The molecule has 1 aliphatic heterocycles. The number of aromatic nitrogens is 6. The van der Waals surface area contributed by atoms with Crippen LogP contribution in [0.3, 0.4) is 0 Å². The Labute approximate surface area is 234 Å². The number of likely N-dealkylation sites (tertiary alicyclic amines) is 1. The first-order chi connectivity index (χ1) is 19.4. The van der Waals surface area contributed by atoms with Gasteiger partial charge in [-0.3, -0.25) is 9.58 Å². The number of imidazole rings is 2. The molecule has 10 nitrogen and oxygen atoms in total. The molecule has 206 valence electrons. The molecule has 12 heteroatoms. The average Bonchev–Trinajstić information content (AvgIpc) is 3.70. The second-order valence-electron chi connectivity index (χ2n) is 9.87. The van der Waals surface area contributed by atoms with E-state index < -0.39 is 11.8 Å². The number of rotatable bonds is 9. The lowest BCUT2D eigenvalue weighted by molar-refractivity contribution is 0.0697. The smallest absolute Gasteiger partial charge is 0.335 e. The number of H-pyrrole nitrogens is 1. The highest BCUT2D eigenvalue weighted by molar-refractivity contribution is 6.30. The van der Waals surface area contributed by atoms with Gasteiger partial charge in [0, 0.05) is 42.1 Å². The molecule has 40 heavy (non-hydrogen) atoms. The van der Waals surface area contributed by atoms with Gasteiger partial charge in [-0.05, 0) is 43.2 Å². The Morgan fingerprint density at radius 2 is 2.00 bits per heavy atom. The molecule has 0 bridgehead atoms. The van der Waals surface area contributed by atoms with Crippen molar-refractivity contribution in [2.24, 2.45) is 0 Å². The molecule has 0 amide bonds. The second kappa shape index (κ2) is 11.1. The Morgan fingerprint density at radius 3 is 2.75 bits per heavy atom. The Balaban J connectivity index is 1.11. The number of carboxylic acids is 1. The topological polar surface area (TPSA) is 114 Å². The van der Waals surface area contributed by atoms with Crippen LogP contribution >= 0.6 is 11.6 Å². The third-order valence-electron chi connectivity index (χ3n) is 7.23. The van der Waals surface area contributed by atoms with E-state index in [0.29, 0.717) is 29.6 Å². The highest BCUT2D eigenvalue weighted by atomic mass is 35.5. The minimum Gasteiger partial charge on any atom is -0.478 e. The molecule has 1 saturated heterocycles. The van der Waals surface area contributed by atoms with E-state index in [-0.39, 0.29) is 18.2 Å². The number of halogens is 2. The van der Waals surface area contributed by atoms with Crippen LogP contribution in [0.2, 0.25) is 5.02 Å². The lowest BCUT2D eigenvalue weighted by atomic mass is 10.1. The SMILES string of the molecule is O=C(O)c1ccc2nc(CN3CCC(n4ccc(OCc5ccc(Cl)cc5F)n4)CC3)n(Cc3cnc[nH]3)c2c1. The number of aromatic carboxylic acids is 1. The van der Waals surface area contributed by atoms with Gasteiger partial charge in [-0.25, -0.2) is 19.2 Å². The summed E-state index contributed by atoms with van der Waals surface area (Å²) in [4.78, 5) is 26.0. The summed E-state index contributed by atoms with van der Waals surface area (Å²) in [7, 11) is 0. The van der Waals surface area contributed by atoms with Crippen LogP contribution in [0.1, 0.15) is 46.3 Å². The van der Waals surface area contributed by atoms with Crippen molar-refractivity contribution in [2.45, 2.75) is 38.6 Å². The number of nitrogens with one attached hydrogen (secondary N) is 1. The first-order valence-electron chi connectivity index (χ1n) is 13.0. The van der Waals surface area contributed by atoms with Crippen LogP contribution < -0.4 is 4.74 Å². The van der Waals surface area contributed by atoms with Gasteiger partial charge in [0.2, 0.25) is 5.88 Å². The van der Waals surface area contributed by atoms with Crippen LogP contribution in [-0.2, 0) is 19.7 Å². The quantitative estimate of drug-likeness (QED) is 0.262. The van der Waals surface area contributed by atoms with Gasteiger partial charge in [0.1, 0.15) is 18.2 Å². The van der Waals surface area contributed by atoms with E-state index in [4.69, 9.17) is 21.3 Å². The van der Waals surface area contributed by atoms with Gasteiger partial charge in [-0.2, -0.15) is 0 Å². The number of hydrogen-bond acceptors (Lipinski definition) is 6. The monoisotopic (exact) mass is 563 g/mol. The highest BCUT2D eigenvalue weighted by Crippen LogP contribution is 2.26. The summed E-state index contributed by atoms with van der Waals surface area (Å²) < 4.78 is 23.7. The minimum absolute atomic E-state index is 0.0754. The number of fused-ring (bicyclic) bond motifs is 1. The molecule has 2 N–H and O–H groups in total. The van der Waals surface area contributed by atoms with Crippen LogP contribution in [0.25, 0.3) is 11.0 Å². The Morgan fingerprint density at radius 1 is 1.15 bits per heavy atom. The van der Waals surface area contributed by atoms with E-state index in [9.17, 15) is 14.3 Å². The van der Waals surface area contributed by atoms with Crippen molar-refractivity contribution in [1.29, 1.82) is 0 Å². The van der Waals surface area contributed by atoms with Crippen LogP contribution in [0.5, 0.6) is 5.88 Å². The molecule has 0 radical (unpaired) electrons. The van der Waals surface area contributed by atoms with Crippen molar-refractivity contribution in [3.63, 3.8) is 0 Å². The van der Waals surface area contributed by atoms with Crippen molar-refractivity contribution in [3.8, 4) is 5.88 Å². The number of carbonyl (C=O) groups is 1. The van der Waals surface area contributed by atoms with Crippen LogP contribution in [0.15, 0.2) is 61.2 Å². The van der Waals surface area contributed by atoms with E-state index in [0.717, 1.165) is 48.5 Å². The molecule has 6 rings (SSSR count). The molecule has 1 fully saturated rings. The predicted octanol–water partition coefficient (Wildman–Crippen LogP) is 4.91. The van der Waals surface area contributed by atoms with Crippen molar-refractivity contribution in [1.82, 2.24) is 34.2 Å². The lowest BCUT2D eigenvalue weighted by Crippen LogP contribution is -2.35. The molecule has 1 aliphatic rings. The molecular formula is C28H27ClFN7O3. The summed E-state index contributed by atoms with van der Waals surface area (Å²) >= 11 is 5.82. The van der Waals surface area contributed by atoms with E-state index in [1.54, 1.807) is 48.9 Å². The molecule has 5 aromatic rings. The van der Waals surface area contributed by atoms with Gasteiger partial charge in [0.05, 0.1) is 47.7 Å². The number of benzene rings is 2. The zero-order chi connectivity index (χ0) is 27.6. The maximum atomic E-state index is 14.0. The number of hydrogen-bond donors (Lipinski definition) is 2. The maximum Gasteiger partial charge on any atom is 0.335 e. The normalized spacial score (nSPS) is 14.7. The van der Waals surface area contributed by atoms with E-state index in [1.165, 1.54) is 6.07 Å². The fourth-order valence-corrected chi connectivity index (χ4v) is 5.24. The predicted molar refractivity (Wildman–Crippen MR) is 146 cm³/mol.